The second kappa shape index (κ2) is 6.96. The Labute approximate surface area is 214 Å². The van der Waals surface area contributed by atoms with Gasteiger partial charge in [-0.15, -0.1) is 0 Å². The molecule has 0 spiro atoms. The molecule has 0 saturated carbocycles. The van der Waals surface area contributed by atoms with Crippen molar-refractivity contribution >= 4 is 53.9 Å². The SMILES string of the molecule is c1ccc2c(c1)-c1cc3ccc4cccc5ccc(c1Cc1c-2c2ccccc2c2ccccc12)c3c45. The van der Waals surface area contributed by atoms with Crippen LogP contribution in [0.4, 0.5) is 0 Å². The van der Waals surface area contributed by atoms with E-state index in [1.807, 2.05) is 0 Å². The zero-order valence-electron chi connectivity index (χ0n) is 20.3. The van der Waals surface area contributed by atoms with Crippen LogP contribution in [0.25, 0.3) is 76.1 Å². The Morgan fingerprint density at radius 2 is 0.973 bits per heavy atom. The summed E-state index contributed by atoms with van der Waals surface area (Å²) >= 11 is 0. The van der Waals surface area contributed by atoms with E-state index in [0.717, 1.165) is 6.42 Å². The van der Waals surface area contributed by atoms with Gasteiger partial charge < -0.3 is 0 Å². The fourth-order valence-corrected chi connectivity index (χ4v) is 7.12. The highest BCUT2D eigenvalue weighted by Crippen LogP contribution is 2.50. The van der Waals surface area contributed by atoms with E-state index < -0.39 is 0 Å². The summed E-state index contributed by atoms with van der Waals surface area (Å²) in [5.74, 6) is 0. The lowest BCUT2D eigenvalue weighted by molar-refractivity contribution is 1.26. The average molecular weight is 467 g/mol. The first-order valence-corrected chi connectivity index (χ1v) is 13.1. The summed E-state index contributed by atoms with van der Waals surface area (Å²) in [6, 6.07) is 45.4. The third-order valence-corrected chi connectivity index (χ3v) is 8.64. The Bertz CT molecular complexity index is 2200. The topological polar surface area (TPSA) is 0 Å². The first-order valence-electron chi connectivity index (χ1n) is 13.1. The summed E-state index contributed by atoms with van der Waals surface area (Å²) in [7, 11) is 0. The molecule has 0 fully saturated rings. The molecular formula is C37H22. The second-order valence-electron chi connectivity index (χ2n) is 10.4. The highest BCUT2D eigenvalue weighted by Gasteiger charge is 2.26. The Kier molecular flexibility index (Phi) is 3.67. The van der Waals surface area contributed by atoms with E-state index in [9.17, 15) is 0 Å². The molecule has 0 heterocycles. The molecular weight excluding hydrogens is 444 g/mol. The fourth-order valence-electron chi connectivity index (χ4n) is 7.12. The van der Waals surface area contributed by atoms with E-state index in [1.165, 1.54) is 87.2 Å². The number of hydrogen-bond acceptors (Lipinski definition) is 0. The predicted molar refractivity (Wildman–Crippen MR) is 159 cm³/mol. The van der Waals surface area contributed by atoms with Crippen LogP contribution in [0.3, 0.4) is 0 Å². The minimum absolute atomic E-state index is 0.916. The van der Waals surface area contributed by atoms with E-state index in [4.69, 9.17) is 0 Å². The van der Waals surface area contributed by atoms with Crippen molar-refractivity contribution in [2.75, 3.05) is 0 Å². The maximum atomic E-state index is 2.46. The molecule has 9 rings (SSSR count). The third kappa shape index (κ3) is 2.47. The van der Waals surface area contributed by atoms with Crippen LogP contribution in [-0.2, 0) is 6.42 Å². The molecule has 0 aliphatic heterocycles. The van der Waals surface area contributed by atoms with Crippen LogP contribution in [0.15, 0.2) is 121 Å². The summed E-state index contributed by atoms with van der Waals surface area (Å²) in [6.07, 6.45) is 0.916. The van der Waals surface area contributed by atoms with Gasteiger partial charge in [0.15, 0.2) is 0 Å². The standard InChI is InChI=1S/C37H22/c1-2-12-27-25(10-1)26-11-3-5-14-29(26)37-30-15-6-4-13-28(30)32-20-24-17-16-22-8-7-9-23-18-19-31(36(24)35(22)23)33(32)21-34(27)37/h1-20H,21H2. The molecule has 1 aliphatic rings. The molecule has 8 aromatic carbocycles. The van der Waals surface area contributed by atoms with E-state index >= 15 is 0 Å². The van der Waals surface area contributed by atoms with Gasteiger partial charge in [0.05, 0.1) is 0 Å². The molecule has 0 unspecified atom stereocenters. The minimum atomic E-state index is 0.916. The normalized spacial score (nSPS) is 12.8. The molecule has 0 N–H and O–H groups in total. The zero-order chi connectivity index (χ0) is 24.1. The third-order valence-electron chi connectivity index (χ3n) is 8.64. The zero-order valence-corrected chi connectivity index (χ0v) is 20.3. The second-order valence-corrected chi connectivity index (χ2v) is 10.4. The van der Waals surface area contributed by atoms with Gasteiger partial charge in [-0.25, -0.2) is 0 Å². The van der Waals surface area contributed by atoms with Crippen LogP contribution in [-0.4, -0.2) is 0 Å². The van der Waals surface area contributed by atoms with E-state index in [2.05, 4.69) is 121 Å². The van der Waals surface area contributed by atoms with Gasteiger partial charge in [0.1, 0.15) is 0 Å². The monoisotopic (exact) mass is 466 g/mol. The van der Waals surface area contributed by atoms with Crippen LogP contribution >= 0.6 is 0 Å². The summed E-state index contributed by atoms with van der Waals surface area (Å²) in [4.78, 5) is 0. The maximum absolute atomic E-state index is 2.46. The van der Waals surface area contributed by atoms with Gasteiger partial charge in [-0.2, -0.15) is 0 Å². The maximum Gasteiger partial charge on any atom is -0.0000873 e. The Hall–Kier alpha value is -4.68. The summed E-state index contributed by atoms with van der Waals surface area (Å²) in [5, 5.41) is 13.5. The molecule has 0 amide bonds. The molecule has 37 heavy (non-hydrogen) atoms. The Balaban J connectivity index is 1.53. The van der Waals surface area contributed by atoms with Crippen molar-refractivity contribution < 1.29 is 0 Å². The molecule has 0 nitrogen and oxygen atoms in total. The van der Waals surface area contributed by atoms with Gasteiger partial charge in [0.25, 0.3) is 0 Å². The predicted octanol–water partition coefficient (Wildman–Crippen LogP) is 10.1. The van der Waals surface area contributed by atoms with Gasteiger partial charge >= 0.3 is 0 Å². The van der Waals surface area contributed by atoms with Crippen molar-refractivity contribution in [2.24, 2.45) is 0 Å². The van der Waals surface area contributed by atoms with Crippen molar-refractivity contribution in [3.05, 3.63) is 132 Å². The molecule has 0 aromatic heterocycles. The largest absolute Gasteiger partial charge is 0.0616 e. The number of hydrogen-bond donors (Lipinski definition) is 0. The van der Waals surface area contributed by atoms with E-state index in [1.54, 1.807) is 0 Å². The smallest absolute Gasteiger partial charge is 0.0000873 e. The quantitative estimate of drug-likeness (QED) is 0.195. The van der Waals surface area contributed by atoms with Crippen LogP contribution in [0.2, 0.25) is 0 Å². The molecule has 0 radical (unpaired) electrons. The van der Waals surface area contributed by atoms with Crippen molar-refractivity contribution in [3.8, 4) is 22.3 Å². The fraction of sp³-hybridized carbons (Fsp3) is 0.0270. The van der Waals surface area contributed by atoms with E-state index in [0.29, 0.717) is 0 Å². The van der Waals surface area contributed by atoms with Gasteiger partial charge in [-0.1, -0.05) is 115 Å². The number of fused-ring (bicyclic) bond motifs is 11. The van der Waals surface area contributed by atoms with Crippen LogP contribution < -0.4 is 0 Å². The molecule has 0 heteroatoms. The van der Waals surface area contributed by atoms with Gasteiger partial charge in [0, 0.05) is 0 Å². The van der Waals surface area contributed by atoms with Gasteiger partial charge in [-0.3, -0.25) is 0 Å². The van der Waals surface area contributed by atoms with Crippen LogP contribution in [0.1, 0.15) is 11.1 Å². The van der Waals surface area contributed by atoms with Gasteiger partial charge in [-0.05, 0) is 99.7 Å². The Morgan fingerprint density at radius 3 is 1.78 bits per heavy atom. The summed E-state index contributed by atoms with van der Waals surface area (Å²) < 4.78 is 0. The molecule has 170 valence electrons. The van der Waals surface area contributed by atoms with Crippen molar-refractivity contribution in [1.29, 1.82) is 0 Å². The lowest BCUT2D eigenvalue weighted by Crippen LogP contribution is -1.96. The molecule has 0 bridgehead atoms. The summed E-state index contributed by atoms with van der Waals surface area (Å²) in [6.45, 7) is 0. The van der Waals surface area contributed by atoms with Crippen molar-refractivity contribution in [3.63, 3.8) is 0 Å². The van der Waals surface area contributed by atoms with Crippen molar-refractivity contribution in [1.82, 2.24) is 0 Å². The van der Waals surface area contributed by atoms with Gasteiger partial charge in [0.2, 0.25) is 0 Å². The van der Waals surface area contributed by atoms with Crippen molar-refractivity contribution in [2.45, 2.75) is 6.42 Å². The average Bonchev–Trinajstić information content (AvgIpc) is 3.11. The summed E-state index contributed by atoms with van der Waals surface area (Å²) in [5.41, 5.74) is 8.31. The molecule has 1 aliphatic carbocycles. The molecule has 0 saturated heterocycles. The first kappa shape index (κ1) is 19.5. The van der Waals surface area contributed by atoms with E-state index in [-0.39, 0.29) is 0 Å². The Morgan fingerprint density at radius 1 is 0.351 bits per heavy atom. The highest BCUT2D eigenvalue weighted by atomic mass is 14.3. The molecule has 0 atom stereocenters. The minimum Gasteiger partial charge on any atom is -0.0616 e. The lowest BCUT2D eigenvalue weighted by Gasteiger charge is -2.18. The molecule has 8 aromatic rings. The van der Waals surface area contributed by atoms with Crippen LogP contribution in [0, 0.1) is 0 Å². The highest BCUT2D eigenvalue weighted by molar-refractivity contribution is 6.25. The number of rotatable bonds is 0. The first-order chi connectivity index (χ1) is 18.4. The van der Waals surface area contributed by atoms with Crippen LogP contribution in [0.5, 0.6) is 0 Å². The lowest BCUT2D eigenvalue weighted by atomic mass is 9.85. The number of benzene rings is 8.